The number of nitrogens with one attached hydrogen (secondary N) is 1. The monoisotopic (exact) mass is 374 g/mol. The first kappa shape index (κ1) is 19.4. The second-order valence-electron chi connectivity index (χ2n) is 7.11. The molecule has 1 unspecified atom stereocenters. The highest BCUT2D eigenvalue weighted by molar-refractivity contribution is 5.80. The van der Waals surface area contributed by atoms with Crippen molar-refractivity contribution in [3.8, 4) is 0 Å². The van der Waals surface area contributed by atoms with Crippen LogP contribution in [0.4, 0.5) is 5.82 Å². The minimum Gasteiger partial charge on any atom is -0.378 e. The molecule has 2 fully saturated rings. The molecule has 1 amide bonds. The molecule has 2 aliphatic heterocycles. The van der Waals surface area contributed by atoms with Crippen molar-refractivity contribution < 1.29 is 9.53 Å². The van der Waals surface area contributed by atoms with Gasteiger partial charge in [-0.3, -0.25) is 9.79 Å². The summed E-state index contributed by atoms with van der Waals surface area (Å²) in [4.78, 5) is 24.8. The molecule has 8 nitrogen and oxygen atoms in total. The molecule has 27 heavy (non-hydrogen) atoms. The molecule has 3 N–H and O–H groups in total. The van der Waals surface area contributed by atoms with Crippen LogP contribution in [-0.4, -0.2) is 68.2 Å². The molecule has 3 rings (SSSR count). The van der Waals surface area contributed by atoms with Crippen LogP contribution >= 0.6 is 0 Å². The number of piperidine rings is 1. The molecule has 0 bridgehead atoms. The summed E-state index contributed by atoms with van der Waals surface area (Å²) in [6.45, 7) is 5.61. The van der Waals surface area contributed by atoms with Gasteiger partial charge in [0.2, 0.25) is 5.91 Å². The molecule has 1 aromatic rings. The van der Waals surface area contributed by atoms with Gasteiger partial charge in [-0.15, -0.1) is 0 Å². The number of anilines is 1. The summed E-state index contributed by atoms with van der Waals surface area (Å²) in [6.07, 6.45) is 4.37. The molecule has 2 saturated heterocycles. The minimum atomic E-state index is -0.227. The van der Waals surface area contributed by atoms with Gasteiger partial charge in [0.25, 0.3) is 0 Å². The molecule has 0 spiro atoms. The van der Waals surface area contributed by atoms with E-state index < -0.39 is 0 Å². The van der Waals surface area contributed by atoms with Crippen LogP contribution in [0.25, 0.3) is 0 Å². The van der Waals surface area contributed by atoms with Crippen molar-refractivity contribution in [1.82, 2.24) is 15.2 Å². The Morgan fingerprint density at radius 1 is 1.41 bits per heavy atom. The summed E-state index contributed by atoms with van der Waals surface area (Å²) in [6, 6.07) is 4.07. The molecule has 3 heterocycles. The highest BCUT2D eigenvalue weighted by Crippen LogP contribution is 2.21. The number of guanidine groups is 1. The van der Waals surface area contributed by atoms with Gasteiger partial charge in [-0.05, 0) is 24.8 Å². The van der Waals surface area contributed by atoms with Gasteiger partial charge in [0.1, 0.15) is 5.82 Å². The van der Waals surface area contributed by atoms with Crippen LogP contribution in [0.5, 0.6) is 0 Å². The lowest BCUT2D eigenvalue weighted by Gasteiger charge is -2.35. The molecule has 0 aromatic carbocycles. The van der Waals surface area contributed by atoms with Gasteiger partial charge in [0.15, 0.2) is 5.96 Å². The molecule has 2 aliphatic rings. The SMILES string of the molecule is CN=C(NCc1cccnc1N1CCOCC1)N1CCCC(CC(N)=O)C1. The van der Waals surface area contributed by atoms with Crippen molar-refractivity contribution in [2.75, 3.05) is 51.3 Å². The summed E-state index contributed by atoms with van der Waals surface area (Å²) >= 11 is 0. The Balaban J connectivity index is 1.62. The number of ether oxygens (including phenoxy) is 1. The standard InChI is InChI=1S/C19H30N6O2/c1-21-19(25-7-3-4-15(14-25)12-17(20)26)23-13-16-5-2-6-22-18(16)24-8-10-27-11-9-24/h2,5-6,15H,3-4,7-14H2,1H3,(H2,20,26)(H,21,23). The van der Waals surface area contributed by atoms with Crippen molar-refractivity contribution in [3.63, 3.8) is 0 Å². The van der Waals surface area contributed by atoms with Gasteiger partial charge in [-0.1, -0.05) is 6.07 Å². The van der Waals surface area contributed by atoms with E-state index in [0.29, 0.717) is 18.9 Å². The number of aromatic nitrogens is 1. The molecular weight excluding hydrogens is 344 g/mol. The first-order chi connectivity index (χ1) is 13.2. The van der Waals surface area contributed by atoms with E-state index in [-0.39, 0.29) is 5.91 Å². The zero-order chi connectivity index (χ0) is 19.1. The van der Waals surface area contributed by atoms with E-state index in [4.69, 9.17) is 10.5 Å². The molecule has 0 aliphatic carbocycles. The Morgan fingerprint density at radius 2 is 2.22 bits per heavy atom. The number of rotatable bonds is 5. The van der Waals surface area contributed by atoms with Crippen LogP contribution in [0.15, 0.2) is 23.3 Å². The number of hydrogen-bond acceptors (Lipinski definition) is 5. The van der Waals surface area contributed by atoms with Crippen LogP contribution in [0.3, 0.4) is 0 Å². The van der Waals surface area contributed by atoms with E-state index in [1.807, 2.05) is 12.3 Å². The van der Waals surface area contributed by atoms with E-state index in [0.717, 1.165) is 69.6 Å². The highest BCUT2D eigenvalue weighted by atomic mass is 16.5. The Kier molecular flexibility index (Phi) is 6.86. The van der Waals surface area contributed by atoms with Crippen molar-refractivity contribution in [3.05, 3.63) is 23.9 Å². The molecule has 1 atom stereocenters. The molecule has 148 valence electrons. The first-order valence-corrected chi connectivity index (χ1v) is 9.68. The Morgan fingerprint density at radius 3 is 2.96 bits per heavy atom. The summed E-state index contributed by atoms with van der Waals surface area (Å²) < 4.78 is 5.45. The first-order valence-electron chi connectivity index (χ1n) is 9.68. The number of aliphatic imine (C=N–C) groups is 1. The number of morpholine rings is 1. The number of primary amides is 1. The summed E-state index contributed by atoms with van der Waals surface area (Å²) in [5, 5.41) is 3.47. The smallest absolute Gasteiger partial charge is 0.217 e. The van der Waals surface area contributed by atoms with Gasteiger partial charge in [-0.25, -0.2) is 4.98 Å². The average molecular weight is 374 g/mol. The maximum atomic E-state index is 11.2. The maximum absolute atomic E-state index is 11.2. The maximum Gasteiger partial charge on any atom is 0.217 e. The fraction of sp³-hybridized carbons (Fsp3) is 0.632. The van der Waals surface area contributed by atoms with E-state index in [1.165, 1.54) is 0 Å². The van der Waals surface area contributed by atoms with E-state index in [9.17, 15) is 4.79 Å². The Hall–Kier alpha value is -2.35. The van der Waals surface area contributed by atoms with Gasteiger partial charge in [0.05, 0.1) is 13.2 Å². The predicted octanol–water partition coefficient (Wildman–Crippen LogP) is 0.581. The van der Waals surface area contributed by atoms with Crippen molar-refractivity contribution >= 4 is 17.7 Å². The van der Waals surface area contributed by atoms with E-state index in [1.54, 1.807) is 7.05 Å². The number of carbonyl (C=O) groups excluding carboxylic acids is 1. The third kappa shape index (κ3) is 5.32. The molecule has 8 heteroatoms. The zero-order valence-corrected chi connectivity index (χ0v) is 16.1. The van der Waals surface area contributed by atoms with Gasteiger partial charge < -0.3 is 25.6 Å². The van der Waals surface area contributed by atoms with E-state index >= 15 is 0 Å². The largest absolute Gasteiger partial charge is 0.378 e. The van der Waals surface area contributed by atoms with Crippen molar-refractivity contribution in [2.45, 2.75) is 25.8 Å². The fourth-order valence-electron chi connectivity index (χ4n) is 3.84. The third-order valence-corrected chi connectivity index (χ3v) is 5.14. The minimum absolute atomic E-state index is 0.227. The summed E-state index contributed by atoms with van der Waals surface area (Å²) in [5.41, 5.74) is 6.52. The number of hydrogen-bond donors (Lipinski definition) is 2. The Bertz CT molecular complexity index is 659. The third-order valence-electron chi connectivity index (χ3n) is 5.14. The van der Waals surface area contributed by atoms with Crippen LogP contribution in [0.1, 0.15) is 24.8 Å². The predicted molar refractivity (Wildman–Crippen MR) is 106 cm³/mol. The van der Waals surface area contributed by atoms with Gasteiger partial charge in [0, 0.05) is 58.0 Å². The topological polar surface area (TPSA) is 96.1 Å². The molecule has 1 aromatic heterocycles. The lowest BCUT2D eigenvalue weighted by molar-refractivity contribution is -0.119. The number of nitrogens with two attached hydrogens (primary N) is 1. The van der Waals surface area contributed by atoms with Gasteiger partial charge >= 0.3 is 0 Å². The van der Waals surface area contributed by atoms with Crippen LogP contribution in [0, 0.1) is 5.92 Å². The fourth-order valence-corrected chi connectivity index (χ4v) is 3.84. The quantitative estimate of drug-likeness (QED) is 0.578. The number of likely N-dealkylation sites (tertiary alicyclic amines) is 1. The number of nitrogens with zero attached hydrogens (tertiary/aromatic N) is 4. The number of pyridine rings is 1. The summed E-state index contributed by atoms with van der Waals surface area (Å²) in [7, 11) is 1.80. The van der Waals surface area contributed by atoms with Crippen molar-refractivity contribution in [2.24, 2.45) is 16.6 Å². The normalized spacial score (nSPS) is 21.2. The number of amides is 1. The van der Waals surface area contributed by atoms with E-state index in [2.05, 4.69) is 31.2 Å². The molecule has 0 radical (unpaired) electrons. The Labute approximate surface area is 160 Å². The van der Waals surface area contributed by atoms with Crippen LogP contribution in [-0.2, 0) is 16.1 Å². The lowest BCUT2D eigenvalue weighted by Crippen LogP contribution is -2.47. The summed E-state index contributed by atoms with van der Waals surface area (Å²) in [5.74, 6) is 1.95. The second-order valence-corrected chi connectivity index (χ2v) is 7.11. The van der Waals surface area contributed by atoms with Gasteiger partial charge in [-0.2, -0.15) is 0 Å². The highest BCUT2D eigenvalue weighted by Gasteiger charge is 2.24. The zero-order valence-electron chi connectivity index (χ0n) is 16.1. The molecule has 0 saturated carbocycles. The van der Waals surface area contributed by atoms with Crippen molar-refractivity contribution in [1.29, 1.82) is 0 Å². The number of carbonyl (C=O) groups is 1. The average Bonchev–Trinajstić information content (AvgIpc) is 2.69. The van der Waals surface area contributed by atoms with Crippen LogP contribution in [0.2, 0.25) is 0 Å². The second kappa shape index (κ2) is 9.55. The molecular formula is C19H30N6O2. The van der Waals surface area contributed by atoms with Crippen LogP contribution < -0.4 is 16.0 Å². The lowest BCUT2D eigenvalue weighted by atomic mass is 9.95.